The summed E-state index contributed by atoms with van der Waals surface area (Å²) in [4.78, 5) is 25.6. The van der Waals surface area contributed by atoms with Gasteiger partial charge in [-0.1, -0.05) is 18.2 Å². The Kier molecular flexibility index (Phi) is 7.24. The fourth-order valence-corrected chi connectivity index (χ4v) is 2.70. The molecule has 0 unspecified atom stereocenters. The van der Waals surface area contributed by atoms with Crippen LogP contribution in [0.5, 0.6) is 5.75 Å². The van der Waals surface area contributed by atoms with Crippen LogP contribution in [0.3, 0.4) is 0 Å². The van der Waals surface area contributed by atoms with E-state index in [1.807, 2.05) is 37.3 Å². The van der Waals surface area contributed by atoms with Crippen molar-refractivity contribution < 1.29 is 19.1 Å². The summed E-state index contributed by atoms with van der Waals surface area (Å²) in [5.41, 5.74) is 1.41. The van der Waals surface area contributed by atoms with E-state index in [2.05, 4.69) is 22.6 Å². The van der Waals surface area contributed by atoms with Gasteiger partial charge in [-0.25, -0.2) is 4.79 Å². The van der Waals surface area contributed by atoms with Gasteiger partial charge in [-0.05, 0) is 65.4 Å². The van der Waals surface area contributed by atoms with E-state index in [4.69, 9.17) is 9.47 Å². The van der Waals surface area contributed by atoms with Gasteiger partial charge in [0.15, 0.2) is 6.61 Å². The second-order valence-electron chi connectivity index (χ2n) is 5.41. The lowest BCUT2D eigenvalue weighted by molar-refractivity contribution is -0.133. The SMILES string of the molecule is CCOc1ccc(CN(C)C(=O)COC(=O)c2cccc(I)c2)cc1. The predicted octanol–water partition coefficient (Wildman–Crippen LogP) is 3.51. The molecule has 5 nitrogen and oxygen atoms in total. The number of likely N-dealkylation sites (N-methyl/N-ethyl adjacent to an activating group) is 1. The van der Waals surface area contributed by atoms with Crippen LogP contribution >= 0.6 is 22.6 Å². The summed E-state index contributed by atoms with van der Waals surface area (Å²) in [7, 11) is 1.68. The van der Waals surface area contributed by atoms with Crippen LogP contribution in [-0.4, -0.2) is 37.0 Å². The van der Waals surface area contributed by atoms with Gasteiger partial charge < -0.3 is 14.4 Å². The topological polar surface area (TPSA) is 55.8 Å². The van der Waals surface area contributed by atoms with Gasteiger partial charge in [-0.3, -0.25) is 4.79 Å². The molecule has 0 N–H and O–H groups in total. The maximum atomic E-state index is 12.1. The molecular formula is C19H20INO4. The number of hydrogen-bond acceptors (Lipinski definition) is 4. The molecule has 0 aliphatic heterocycles. The molecule has 0 aromatic heterocycles. The molecule has 0 fully saturated rings. The monoisotopic (exact) mass is 453 g/mol. The van der Waals surface area contributed by atoms with Gasteiger partial charge in [0.1, 0.15) is 5.75 Å². The minimum Gasteiger partial charge on any atom is -0.494 e. The van der Waals surface area contributed by atoms with Crippen LogP contribution in [0, 0.1) is 3.57 Å². The standard InChI is InChI=1S/C19H20INO4/c1-3-24-17-9-7-14(8-10-17)12-21(2)18(22)13-25-19(23)15-5-4-6-16(20)11-15/h4-11H,3,12-13H2,1-2H3. The van der Waals surface area contributed by atoms with Crippen molar-refractivity contribution in [1.82, 2.24) is 4.90 Å². The Morgan fingerprint density at radius 2 is 1.84 bits per heavy atom. The largest absolute Gasteiger partial charge is 0.494 e. The van der Waals surface area contributed by atoms with Gasteiger partial charge in [0.2, 0.25) is 0 Å². The first kappa shape index (κ1) is 19.2. The lowest BCUT2D eigenvalue weighted by Crippen LogP contribution is -2.30. The Morgan fingerprint density at radius 1 is 1.12 bits per heavy atom. The number of rotatable bonds is 7. The zero-order valence-electron chi connectivity index (χ0n) is 14.2. The van der Waals surface area contributed by atoms with Crippen molar-refractivity contribution in [3.8, 4) is 5.75 Å². The first-order valence-corrected chi connectivity index (χ1v) is 8.96. The van der Waals surface area contributed by atoms with Crippen molar-refractivity contribution in [3.05, 3.63) is 63.2 Å². The van der Waals surface area contributed by atoms with Crippen molar-refractivity contribution in [3.63, 3.8) is 0 Å². The van der Waals surface area contributed by atoms with Crippen molar-refractivity contribution in [2.24, 2.45) is 0 Å². The minimum atomic E-state index is -0.499. The average Bonchev–Trinajstić information content (AvgIpc) is 2.61. The highest BCUT2D eigenvalue weighted by atomic mass is 127. The number of halogens is 1. The Hall–Kier alpha value is -2.09. The van der Waals surface area contributed by atoms with E-state index < -0.39 is 5.97 Å². The minimum absolute atomic E-state index is 0.257. The lowest BCUT2D eigenvalue weighted by atomic mass is 10.2. The molecule has 0 heterocycles. The number of nitrogens with zero attached hydrogens (tertiary/aromatic N) is 1. The summed E-state index contributed by atoms with van der Waals surface area (Å²) < 4.78 is 11.4. The van der Waals surface area contributed by atoms with Crippen molar-refractivity contribution >= 4 is 34.5 Å². The van der Waals surface area contributed by atoms with Crippen molar-refractivity contribution in [2.45, 2.75) is 13.5 Å². The molecule has 0 bridgehead atoms. The molecule has 6 heteroatoms. The van der Waals surface area contributed by atoms with Crippen LogP contribution in [0.1, 0.15) is 22.8 Å². The Balaban J connectivity index is 1.84. The molecule has 25 heavy (non-hydrogen) atoms. The third-order valence-corrected chi connectivity index (χ3v) is 4.14. The summed E-state index contributed by atoms with van der Waals surface area (Å²) in [5.74, 6) is 0.0425. The normalized spacial score (nSPS) is 10.2. The first-order valence-electron chi connectivity index (χ1n) is 7.88. The van der Waals surface area contributed by atoms with Crippen LogP contribution in [-0.2, 0) is 16.1 Å². The summed E-state index contributed by atoms with van der Waals surface area (Å²) >= 11 is 2.12. The van der Waals surface area contributed by atoms with Crippen molar-refractivity contribution in [1.29, 1.82) is 0 Å². The Bertz CT molecular complexity index is 730. The van der Waals surface area contributed by atoms with Crippen molar-refractivity contribution in [2.75, 3.05) is 20.3 Å². The molecule has 132 valence electrons. The second-order valence-corrected chi connectivity index (χ2v) is 6.66. The van der Waals surface area contributed by atoms with E-state index in [0.717, 1.165) is 14.9 Å². The van der Waals surface area contributed by atoms with Gasteiger partial charge in [-0.2, -0.15) is 0 Å². The van der Waals surface area contributed by atoms with Crippen LogP contribution in [0.15, 0.2) is 48.5 Å². The third-order valence-electron chi connectivity index (χ3n) is 3.47. The number of carbonyl (C=O) groups is 2. The molecule has 0 atom stereocenters. The Labute approximate surface area is 161 Å². The van der Waals surface area contributed by atoms with E-state index in [1.165, 1.54) is 4.90 Å². The number of esters is 1. The highest BCUT2D eigenvalue weighted by Gasteiger charge is 2.14. The smallest absolute Gasteiger partial charge is 0.338 e. The summed E-state index contributed by atoms with van der Waals surface area (Å²) in [6, 6.07) is 14.6. The van der Waals surface area contributed by atoms with Gasteiger partial charge in [0.25, 0.3) is 5.91 Å². The van der Waals surface area contributed by atoms with E-state index in [0.29, 0.717) is 18.7 Å². The molecular weight excluding hydrogens is 433 g/mol. The number of amides is 1. The third kappa shape index (κ3) is 6.04. The Morgan fingerprint density at radius 3 is 2.48 bits per heavy atom. The average molecular weight is 453 g/mol. The van der Waals surface area contributed by atoms with Gasteiger partial charge >= 0.3 is 5.97 Å². The summed E-state index contributed by atoms with van der Waals surface area (Å²) in [6.07, 6.45) is 0. The first-order chi connectivity index (χ1) is 12.0. The summed E-state index contributed by atoms with van der Waals surface area (Å²) in [6.45, 7) is 2.70. The zero-order valence-corrected chi connectivity index (χ0v) is 16.4. The molecule has 0 aliphatic carbocycles. The fourth-order valence-electron chi connectivity index (χ4n) is 2.16. The number of carbonyl (C=O) groups excluding carboxylic acids is 2. The number of hydrogen-bond donors (Lipinski definition) is 0. The molecule has 0 saturated heterocycles. The maximum Gasteiger partial charge on any atom is 0.338 e. The number of benzene rings is 2. The maximum absolute atomic E-state index is 12.1. The van der Waals surface area contributed by atoms with Crippen LogP contribution < -0.4 is 4.74 Å². The highest BCUT2D eigenvalue weighted by molar-refractivity contribution is 14.1. The van der Waals surface area contributed by atoms with Crippen LogP contribution in [0.2, 0.25) is 0 Å². The summed E-state index contributed by atoms with van der Waals surface area (Å²) in [5, 5.41) is 0. The van der Waals surface area contributed by atoms with Gasteiger partial charge in [0.05, 0.1) is 12.2 Å². The highest BCUT2D eigenvalue weighted by Crippen LogP contribution is 2.13. The molecule has 2 aromatic carbocycles. The molecule has 0 spiro atoms. The van der Waals surface area contributed by atoms with Crippen LogP contribution in [0.4, 0.5) is 0 Å². The zero-order chi connectivity index (χ0) is 18.2. The van der Waals surface area contributed by atoms with Gasteiger partial charge in [0, 0.05) is 17.2 Å². The lowest BCUT2D eigenvalue weighted by Gasteiger charge is -2.17. The molecule has 0 aliphatic rings. The second kappa shape index (κ2) is 9.41. The van der Waals surface area contributed by atoms with E-state index in [9.17, 15) is 9.59 Å². The predicted molar refractivity (Wildman–Crippen MR) is 104 cm³/mol. The molecule has 0 radical (unpaired) electrons. The molecule has 2 aromatic rings. The van der Waals surface area contributed by atoms with E-state index >= 15 is 0 Å². The molecule has 0 saturated carbocycles. The fraction of sp³-hybridized carbons (Fsp3) is 0.263. The van der Waals surface area contributed by atoms with Crippen LogP contribution in [0.25, 0.3) is 0 Å². The van der Waals surface area contributed by atoms with Gasteiger partial charge in [-0.15, -0.1) is 0 Å². The van der Waals surface area contributed by atoms with E-state index in [1.54, 1.807) is 25.2 Å². The molecule has 1 amide bonds. The molecule has 2 rings (SSSR count). The van der Waals surface area contributed by atoms with E-state index in [-0.39, 0.29) is 12.5 Å². The quantitative estimate of drug-likeness (QED) is 0.476. The number of ether oxygens (including phenoxy) is 2.